The van der Waals surface area contributed by atoms with Crippen molar-refractivity contribution in [1.82, 2.24) is 9.88 Å². The van der Waals surface area contributed by atoms with Gasteiger partial charge in [-0.05, 0) is 43.4 Å². The van der Waals surface area contributed by atoms with Crippen LogP contribution in [-0.2, 0) is 10.2 Å². The molecule has 1 aromatic heterocycles. The second-order valence-corrected chi connectivity index (χ2v) is 7.83. The number of benzene rings is 1. The number of piperidine rings is 1. The predicted molar refractivity (Wildman–Crippen MR) is 92.6 cm³/mol. The summed E-state index contributed by atoms with van der Waals surface area (Å²) in [5.41, 5.74) is 0.336. The van der Waals surface area contributed by atoms with E-state index in [4.69, 9.17) is 0 Å². The van der Waals surface area contributed by atoms with E-state index in [1.54, 1.807) is 23.5 Å². The van der Waals surface area contributed by atoms with Crippen molar-refractivity contribution in [3.63, 3.8) is 0 Å². The van der Waals surface area contributed by atoms with E-state index in [9.17, 15) is 9.18 Å². The van der Waals surface area contributed by atoms with Gasteiger partial charge in [-0.15, -0.1) is 11.3 Å². The van der Waals surface area contributed by atoms with Gasteiger partial charge in [0.1, 0.15) is 5.82 Å². The molecule has 2 aliphatic rings. The predicted octanol–water partition coefficient (Wildman–Crippen LogP) is 4.11. The molecule has 0 bridgehead atoms. The average molecular weight is 344 g/mol. The Morgan fingerprint density at radius 1 is 1.33 bits per heavy atom. The fourth-order valence-electron chi connectivity index (χ4n) is 4.04. The molecule has 5 heteroatoms. The van der Waals surface area contributed by atoms with Crippen LogP contribution in [0.3, 0.4) is 0 Å². The number of carbonyl (C=O) groups excluding carboxylic acids is 1. The molecule has 1 unspecified atom stereocenters. The standard InChI is InChI=1S/C19H21FN2OS/c20-16-6-1-5-15(12-16)19(7-3-8-19)18(23)22-10-2-4-14(13-22)17-21-9-11-24-17/h1,5-6,9,11-12,14H,2-4,7-8,10,13H2. The minimum Gasteiger partial charge on any atom is -0.341 e. The number of hydrogen-bond acceptors (Lipinski definition) is 3. The van der Waals surface area contributed by atoms with Crippen molar-refractivity contribution >= 4 is 17.2 Å². The highest BCUT2D eigenvalue weighted by Crippen LogP contribution is 2.46. The number of carbonyl (C=O) groups is 1. The number of amides is 1. The van der Waals surface area contributed by atoms with Crippen LogP contribution in [0.25, 0.3) is 0 Å². The summed E-state index contributed by atoms with van der Waals surface area (Å²) in [6.45, 7) is 1.54. The lowest BCUT2D eigenvalue weighted by molar-refractivity contribution is -0.142. The Hall–Kier alpha value is -1.75. The number of hydrogen-bond donors (Lipinski definition) is 0. The molecule has 126 valence electrons. The van der Waals surface area contributed by atoms with E-state index in [1.807, 2.05) is 22.5 Å². The SMILES string of the molecule is O=C(N1CCCC(c2nccs2)C1)C1(c2cccc(F)c2)CCC1. The lowest BCUT2D eigenvalue weighted by Gasteiger charge is -2.45. The molecule has 3 nitrogen and oxygen atoms in total. The first-order valence-corrected chi connectivity index (χ1v) is 9.52. The molecule has 1 aliphatic heterocycles. The summed E-state index contributed by atoms with van der Waals surface area (Å²) in [5.74, 6) is 0.263. The zero-order chi connectivity index (χ0) is 16.6. The molecular weight excluding hydrogens is 323 g/mol. The maximum Gasteiger partial charge on any atom is 0.233 e. The molecule has 1 amide bonds. The molecule has 0 N–H and O–H groups in total. The van der Waals surface area contributed by atoms with Crippen LogP contribution in [0.15, 0.2) is 35.8 Å². The van der Waals surface area contributed by atoms with Crippen LogP contribution in [0.5, 0.6) is 0 Å². The van der Waals surface area contributed by atoms with Gasteiger partial charge in [-0.2, -0.15) is 0 Å². The topological polar surface area (TPSA) is 33.2 Å². The molecule has 24 heavy (non-hydrogen) atoms. The maximum atomic E-state index is 13.7. The van der Waals surface area contributed by atoms with Crippen LogP contribution >= 0.6 is 11.3 Å². The van der Waals surface area contributed by atoms with E-state index < -0.39 is 5.41 Å². The van der Waals surface area contributed by atoms with Gasteiger partial charge < -0.3 is 4.90 Å². The van der Waals surface area contributed by atoms with E-state index in [2.05, 4.69) is 4.98 Å². The smallest absolute Gasteiger partial charge is 0.233 e. The fourth-order valence-corrected chi connectivity index (χ4v) is 4.81. The Bertz CT molecular complexity index is 727. The minimum atomic E-state index is -0.507. The summed E-state index contributed by atoms with van der Waals surface area (Å²) in [4.78, 5) is 19.7. The van der Waals surface area contributed by atoms with Gasteiger partial charge in [0.15, 0.2) is 0 Å². The Kier molecular flexibility index (Phi) is 4.12. The van der Waals surface area contributed by atoms with Crippen molar-refractivity contribution in [2.75, 3.05) is 13.1 Å². The van der Waals surface area contributed by atoms with Crippen LogP contribution in [-0.4, -0.2) is 28.9 Å². The van der Waals surface area contributed by atoms with Crippen molar-refractivity contribution in [2.24, 2.45) is 0 Å². The summed E-state index contributed by atoms with van der Waals surface area (Å²) in [6, 6.07) is 6.61. The largest absolute Gasteiger partial charge is 0.341 e. The van der Waals surface area contributed by atoms with Crippen LogP contribution in [0, 0.1) is 5.82 Å². The summed E-state index contributed by atoms with van der Waals surface area (Å²) >= 11 is 1.67. The molecule has 1 saturated heterocycles. The summed E-state index contributed by atoms with van der Waals surface area (Å²) in [5, 5.41) is 3.12. The average Bonchev–Trinajstić information content (AvgIpc) is 3.08. The molecule has 2 fully saturated rings. The second-order valence-electron chi connectivity index (χ2n) is 6.91. The summed E-state index contributed by atoms with van der Waals surface area (Å²) in [6.07, 6.45) is 6.62. The molecule has 0 spiro atoms. The Morgan fingerprint density at radius 3 is 2.88 bits per heavy atom. The molecule has 1 atom stereocenters. The van der Waals surface area contributed by atoms with Crippen LogP contribution in [0.1, 0.15) is 48.6 Å². The third kappa shape index (κ3) is 2.65. The van der Waals surface area contributed by atoms with Crippen molar-refractivity contribution in [2.45, 2.75) is 43.4 Å². The van der Waals surface area contributed by atoms with Gasteiger partial charge in [0.05, 0.1) is 10.4 Å². The highest BCUT2D eigenvalue weighted by atomic mass is 32.1. The third-order valence-electron chi connectivity index (χ3n) is 5.50. The Labute approximate surface area is 145 Å². The number of nitrogens with zero attached hydrogens (tertiary/aromatic N) is 2. The van der Waals surface area contributed by atoms with Gasteiger partial charge in [-0.3, -0.25) is 4.79 Å². The van der Waals surface area contributed by atoms with Gasteiger partial charge in [0.2, 0.25) is 5.91 Å². The molecule has 1 aliphatic carbocycles. The van der Waals surface area contributed by atoms with Crippen molar-refractivity contribution in [3.8, 4) is 0 Å². The van der Waals surface area contributed by atoms with Gasteiger partial charge in [0, 0.05) is 30.6 Å². The lowest BCUT2D eigenvalue weighted by atomic mass is 9.63. The molecule has 4 rings (SSSR count). The van der Waals surface area contributed by atoms with Gasteiger partial charge in [0.25, 0.3) is 0 Å². The first-order chi connectivity index (χ1) is 11.7. The van der Waals surface area contributed by atoms with E-state index in [0.717, 1.165) is 55.8 Å². The zero-order valence-electron chi connectivity index (χ0n) is 13.6. The van der Waals surface area contributed by atoms with E-state index in [-0.39, 0.29) is 11.7 Å². The van der Waals surface area contributed by atoms with Crippen LogP contribution < -0.4 is 0 Å². The normalized spacial score (nSPS) is 22.9. The van der Waals surface area contributed by atoms with Gasteiger partial charge in [-0.25, -0.2) is 9.37 Å². The minimum absolute atomic E-state index is 0.181. The highest BCUT2D eigenvalue weighted by Gasteiger charge is 2.48. The molecule has 0 radical (unpaired) electrons. The maximum absolute atomic E-state index is 13.7. The number of aromatic nitrogens is 1. The van der Waals surface area contributed by atoms with Gasteiger partial charge in [-0.1, -0.05) is 18.6 Å². The molecule has 1 saturated carbocycles. The number of rotatable bonds is 3. The number of thiazole rings is 1. The molecule has 2 aromatic rings. The summed E-state index contributed by atoms with van der Waals surface area (Å²) < 4.78 is 13.7. The fraction of sp³-hybridized carbons (Fsp3) is 0.474. The quantitative estimate of drug-likeness (QED) is 0.839. The second kappa shape index (κ2) is 6.28. The van der Waals surface area contributed by atoms with Crippen LogP contribution in [0.4, 0.5) is 4.39 Å². The number of halogens is 1. The van der Waals surface area contributed by atoms with Crippen molar-refractivity contribution < 1.29 is 9.18 Å². The molecule has 2 heterocycles. The van der Waals surface area contributed by atoms with E-state index >= 15 is 0 Å². The lowest BCUT2D eigenvalue weighted by Crippen LogP contribution is -2.53. The van der Waals surface area contributed by atoms with Gasteiger partial charge >= 0.3 is 0 Å². The zero-order valence-corrected chi connectivity index (χ0v) is 14.4. The third-order valence-corrected chi connectivity index (χ3v) is 6.44. The molecule has 1 aromatic carbocycles. The highest BCUT2D eigenvalue weighted by molar-refractivity contribution is 7.09. The summed E-state index contributed by atoms with van der Waals surface area (Å²) in [7, 11) is 0. The monoisotopic (exact) mass is 344 g/mol. The van der Waals surface area contributed by atoms with Crippen molar-refractivity contribution in [3.05, 3.63) is 52.2 Å². The first-order valence-electron chi connectivity index (χ1n) is 8.64. The first kappa shape index (κ1) is 15.8. The van der Waals surface area contributed by atoms with E-state index in [0.29, 0.717) is 5.92 Å². The van der Waals surface area contributed by atoms with E-state index in [1.165, 1.54) is 6.07 Å². The molecular formula is C19H21FN2OS. The van der Waals surface area contributed by atoms with Crippen LogP contribution in [0.2, 0.25) is 0 Å². The Morgan fingerprint density at radius 2 is 2.21 bits per heavy atom. The van der Waals surface area contributed by atoms with Crippen molar-refractivity contribution in [1.29, 1.82) is 0 Å². The Balaban J connectivity index is 1.57. The number of likely N-dealkylation sites (tertiary alicyclic amines) is 1.